The average Bonchev–Trinajstić information content (AvgIpc) is 1.50. The molecule has 8 amide bonds. The first kappa shape index (κ1) is 77.0. The topological polar surface area (TPSA) is 408 Å². The molecule has 0 saturated carbocycles. The molecule has 8 rings (SSSR count). The molecule has 4 heterocycles. The van der Waals surface area contributed by atoms with Crippen LogP contribution in [0, 0.1) is 30.5 Å². The summed E-state index contributed by atoms with van der Waals surface area (Å²) in [6.45, 7) is 7.88. The molecule has 100 heavy (non-hydrogen) atoms. The summed E-state index contributed by atoms with van der Waals surface area (Å²) in [5.74, 6) is 1.65. The quantitative estimate of drug-likeness (QED) is 0.0116. The highest BCUT2D eigenvalue weighted by atomic mass is 19.1. The lowest BCUT2D eigenvalue weighted by Crippen LogP contribution is -2.54. The number of hydrogen-bond donors (Lipinski definition) is 11. The SMILES string of the molecule is CC[C@@]1(O)C(=O)OCc2c1cc1n(c2=O)Cc2c-1nc1cc(F)c(C)c3c1c2[C@@H](NC(=O)COCNC(=O)CNC(=O)OCc1ccc(NC(=O)[C@H](CCCNC(N)=O)NC(=O)[C@@H](NC(=O)CCOCCOCCOCCOCCNC(O)COC2C#CCCCCC2)C(C)C)cc1)CC3. The third-order valence-electron chi connectivity index (χ3n) is 17.4. The van der Waals surface area contributed by atoms with Gasteiger partial charge in [-0.3, -0.25) is 34.1 Å². The van der Waals surface area contributed by atoms with E-state index in [0.717, 1.165) is 37.7 Å². The van der Waals surface area contributed by atoms with Crippen LogP contribution < -0.4 is 53.8 Å². The number of amides is 8. The minimum absolute atomic E-state index is 0.0504. The Kier molecular flexibility index (Phi) is 29.4. The number of carbonyl (C=O) groups excluding carboxylic acids is 8. The molecule has 12 N–H and O–H groups in total. The summed E-state index contributed by atoms with van der Waals surface area (Å²) < 4.78 is 60.7. The number of nitrogens with two attached hydrogens (primary N) is 1. The van der Waals surface area contributed by atoms with Gasteiger partial charge in [0.05, 0.1) is 94.5 Å². The van der Waals surface area contributed by atoms with Crippen LogP contribution in [0.15, 0.2) is 41.2 Å². The molecular formula is C69H92FN11O19. The van der Waals surface area contributed by atoms with Crippen LogP contribution >= 0.6 is 0 Å². The number of ether oxygens (including phenoxy) is 8. The average molecular weight is 1400 g/mol. The van der Waals surface area contributed by atoms with Gasteiger partial charge < -0.3 is 95.6 Å². The number of aryl methyl sites for hydroxylation is 1. The van der Waals surface area contributed by atoms with E-state index < -0.39 is 109 Å². The van der Waals surface area contributed by atoms with E-state index >= 15 is 4.39 Å². The number of cyclic esters (lactones) is 1. The predicted molar refractivity (Wildman–Crippen MR) is 359 cm³/mol. The second-order valence-electron chi connectivity index (χ2n) is 24.9. The number of pyridine rings is 2. The van der Waals surface area contributed by atoms with Crippen molar-refractivity contribution in [2.75, 3.05) is 97.8 Å². The number of benzene rings is 2. The van der Waals surface area contributed by atoms with Crippen molar-refractivity contribution in [1.29, 1.82) is 0 Å². The Morgan fingerprint density at radius 2 is 1.57 bits per heavy atom. The van der Waals surface area contributed by atoms with E-state index in [1.165, 1.54) is 10.6 Å². The van der Waals surface area contributed by atoms with Crippen molar-refractivity contribution in [2.24, 2.45) is 11.7 Å². The number of hydrogen-bond acceptors (Lipinski definition) is 21. The molecule has 30 nitrogen and oxygen atoms in total. The minimum atomic E-state index is -2.06. The van der Waals surface area contributed by atoms with Gasteiger partial charge in [0.1, 0.15) is 63.3 Å². The number of nitrogens with one attached hydrogen (secondary N) is 8. The lowest BCUT2D eigenvalue weighted by molar-refractivity contribution is -0.172. The number of aliphatic hydroxyl groups is 2. The fourth-order valence-electron chi connectivity index (χ4n) is 12.0. The van der Waals surface area contributed by atoms with E-state index in [1.54, 1.807) is 58.0 Å². The van der Waals surface area contributed by atoms with Crippen molar-refractivity contribution in [3.63, 3.8) is 0 Å². The number of fused-ring (bicyclic) bond motifs is 5. The Hall–Kier alpha value is -8.71. The van der Waals surface area contributed by atoms with E-state index in [0.29, 0.717) is 103 Å². The normalized spacial score (nSPS) is 17.5. The molecule has 2 aliphatic heterocycles. The molecule has 0 radical (unpaired) electrons. The number of nitrogens with zero attached hydrogens (tertiary/aromatic N) is 2. The largest absolute Gasteiger partial charge is 0.458 e. The number of primary amides is 1. The molecule has 2 aromatic heterocycles. The molecule has 544 valence electrons. The van der Waals surface area contributed by atoms with Crippen molar-refractivity contribution in [3.05, 3.63) is 91.5 Å². The highest BCUT2D eigenvalue weighted by Crippen LogP contribution is 2.46. The maximum atomic E-state index is 15.4. The van der Waals surface area contributed by atoms with Crippen molar-refractivity contribution in [3.8, 4) is 23.2 Å². The minimum Gasteiger partial charge on any atom is -0.458 e. The van der Waals surface area contributed by atoms with Gasteiger partial charge in [0.25, 0.3) is 5.56 Å². The zero-order valence-corrected chi connectivity index (χ0v) is 56.9. The Balaban J connectivity index is 0.696. The molecule has 4 aliphatic rings. The number of anilines is 1. The maximum Gasteiger partial charge on any atom is 0.407 e. The number of aliphatic hydroxyl groups excluding tert-OH is 1. The highest BCUT2D eigenvalue weighted by Gasteiger charge is 2.46. The smallest absolute Gasteiger partial charge is 0.407 e. The van der Waals surface area contributed by atoms with E-state index in [4.69, 9.17) is 48.6 Å². The third-order valence-corrected chi connectivity index (χ3v) is 17.4. The number of alkyl carbamates (subject to hydrolysis) is 1. The van der Waals surface area contributed by atoms with E-state index in [9.17, 15) is 53.4 Å². The van der Waals surface area contributed by atoms with Gasteiger partial charge in [-0.15, -0.1) is 5.92 Å². The molecule has 6 atom stereocenters. The molecule has 31 heteroatoms. The van der Waals surface area contributed by atoms with Crippen LogP contribution in [0.5, 0.6) is 0 Å². The lowest BCUT2D eigenvalue weighted by atomic mass is 9.81. The first-order valence-electron chi connectivity index (χ1n) is 33.9. The molecule has 0 fully saturated rings. The van der Waals surface area contributed by atoms with Crippen molar-refractivity contribution < 1.29 is 90.9 Å². The van der Waals surface area contributed by atoms with E-state index in [2.05, 4.69) is 54.4 Å². The summed E-state index contributed by atoms with van der Waals surface area (Å²) in [6, 6.07) is 5.60. The molecule has 0 spiro atoms. The molecule has 0 bridgehead atoms. The van der Waals surface area contributed by atoms with Gasteiger partial charge in [-0.25, -0.2) is 23.8 Å². The maximum absolute atomic E-state index is 15.4. The van der Waals surface area contributed by atoms with Gasteiger partial charge in [-0.05, 0) is 105 Å². The van der Waals surface area contributed by atoms with Crippen LogP contribution in [-0.4, -0.2) is 184 Å². The van der Waals surface area contributed by atoms with Crippen LogP contribution in [0.4, 0.5) is 19.7 Å². The standard InChI is InChI=1S/C69H92FN11O19/c1-5-69(92)49-32-54-62-47(35-81(54)65(88)48(49)37-99-66(69)89)60-51(20-19-46-42(4)50(70)33-53(78-62)59(46)60)77-58(85)38-97-40-75-56(83)34-74-68(91)100-36-43-15-17-44(18-16-43)76-63(86)52(14-11-22-73-67(71)90)79-64(87)61(41(2)3)80-55(82)21-24-93-26-28-95-30-31-96-29-27-94-25-23-72-57(84)39-98-45-12-9-7-6-8-10-13-45/h15-18,32-33,41,45,51-52,57,61,72,84,92H,5-9,11-12,14,19-31,34-40H2,1-4H3,(H,74,91)(H,75,83)(H,76,86)(H,77,85)(H,79,87)(H,80,82)(H3,71,73,90)/t45?,51-,52-,57?,61-,69-/m0/s1. The van der Waals surface area contributed by atoms with E-state index in [1.807, 2.05) is 0 Å². The number of urea groups is 1. The van der Waals surface area contributed by atoms with Gasteiger partial charge in [0, 0.05) is 54.2 Å². The summed E-state index contributed by atoms with van der Waals surface area (Å²) >= 11 is 0. The second kappa shape index (κ2) is 38.2. The molecule has 2 aliphatic carbocycles. The summed E-state index contributed by atoms with van der Waals surface area (Å²) in [7, 11) is 0. The molecule has 2 unspecified atom stereocenters. The van der Waals surface area contributed by atoms with Gasteiger partial charge >= 0.3 is 18.1 Å². The Bertz CT molecular complexity index is 3680. The van der Waals surface area contributed by atoms with Crippen molar-refractivity contribution in [2.45, 2.75) is 154 Å². The van der Waals surface area contributed by atoms with Crippen molar-refractivity contribution in [1.82, 2.24) is 46.8 Å². The lowest BCUT2D eigenvalue weighted by Gasteiger charge is -2.31. The summed E-state index contributed by atoms with van der Waals surface area (Å²) in [4.78, 5) is 122. The number of carbonyl (C=O) groups is 8. The zero-order valence-electron chi connectivity index (χ0n) is 56.9. The second-order valence-corrected chi connectivity index (χ2v) is 24.9. The van der Waals surface area contributed by atoms with Crippen molar-refractivity contribution >= 4 is 64.2 Å². The Morgan fingerprint density at radius 1 is 0.840 bits per heavy atom. The monoisotopic (exact) mass is 1400 g/mol. The van der Waals surface area contributed by atoms with Crippen LogP contribution in [0.25, 0.3) is 22.3 Å². The predicted octanol–water partition coefficient (Wildman–Crippen LogP) is 2.38. The van der Waals surface area contributed by atoms with Gasteiger partial charge in [-0.1, -0.05) is 45.2 Å². The third kappa shape index (κ3) is 21.7. The van der Waals surface area contributed by atoms with Crippen LogP contribution in [-0.2, 0) is 98.4 Å². The highest BCUT2D eigenvalue weighted by molar-refractivity contribution is 5.99. The summed E-state index contributed by atoms with van der Waals surface area (Å²) in [6.07, 6.45) is 4.20. The molecule has 0 saturated heterocycles. The van der Waals surface area contributed by atoms with Crippen LogP contribution in [0.2, 0.25) is 0 Å². The number of rotatable bonds is 39. The zero-order chi connectivity index (χ0) is 71.7. The van der Waals surface area contributed by atoms with E-state index in [-0.39, 0.29) is 102 Å². The van der Waals surface area contributed by atoms with Gasteiger partial charge in [0.15, 0.2) is 5.60 Å². The number of esters is 1. The summed E-state index contributed by atoms with van der Waals surface area (Å²) in [5.41, 5.74) is 7.21. The fraction of sp³-hybridized carbons (Fsp3) is 0.565. The molecule has 2 aromatic carbocycles. The Labute approximate surface area is 578 Å². The number of aromatic nitrogens is 2. The van der Waals surface area contributed by atoms with Crippen LogP contribution in [0.1, 0.15) is 130 Å². The van der Waals surface area contributed by atoms with Gasteiger partial charge in [0.2, 0.25) is 29.5 Å². The molecular weight excluding hydrogens is 1310 g/mol. The summed E-state index contributed by atoms with van der Waals surface area (Å²) in [5, 5.41) is 43.6. The van der Waals surface area contributed by atoms with Crippen LogP contribution in [0.3, 0.4) is 0 Å². The fourth-order valence-corrected chi connectivity index (χ4v) is 12.0. The first-order chi connectivity index (χ1) is 48.1. The molecule has 4 aromatic rings. The Morgan fingerprint density at radius 3 is 2.29 bits per heavy atom. The number of halogens is 1. The first-order valence-corrected chi connectivity index (χ1v) is 33.9. The van der Waals surface area contributed by atoms with Gasteiger partial charge in [-0.2, -0.15) is 0 Å².